The molecule has 3 aromatic rings. The predicted molar refractivity (Wildman–Crippen MR) is 134 cm³/mol. The van der Waals surface area contributed by atoms with Crippen LogP contribution in [0.25, 0.3) is 0 Å². The van der Waals surface area contributed by atoms with Gasteiger partial charge in [0, 0.05) is 48.7 Å². The fourth-order valence-corrected chi connectivity index (χ4v) is 5.51. The van der Waals surface area contributed by atoms with Crippen molar-refractivity contribution >= 4 is 33.1 Å². The Morgan fingerprint density at radius 2 is 1.66 bits per heavy atom. The highest BCUT2D eigenvalue weighted by molar-refractivity contribution is 7.90. The van der Waals surface area contributed by atoms with Gasteiger partial charge in [-0.05, 0) is 67.1 Å². The van der Waals surface area contributed by atoms with Gasteiger partial charge in [-0.2, -0.15) is 13.7 Å². The fraction of sp³-hybridized carbons (Fsp3) is 0.192. The molecule has 1 N–H and O–H groups in total. The third kappa shape index (κ3) is 4.61. The van der Waals surface area contributed by atoms with Crippen molar-refractivity contribution in [1.29, 1.82) is 5.26 Å². The standard InChI is InChI=1S/C26H23N5O3S/c27-18-19-6-12-22(13-7-19)30-14-3-15-31(17-16-30)26(32)20-8-10-21(11-9-20)28-25-23-4-1-2-5-24(23)35(33,34)29-25/h1-2,4-13H,3,14-17H2,(H,28,29). The van der Waals surface area contributed by atoms with Gasteiger partial charge >= 0.3 is 0 Å². The van der Waals surface area contributed by atoms with E-state index in [0.717, 1.165) is 18.7 Å². The van der Waals surface area contributed by atoms with Gasteiger partial charge in [-0.3, -0.25) is 4.79 Å². The van der Waals surface area contributed by atoms with Crippen molar-refractivity contribution in [2.24, 2.45) is 4.40 Å². The maximum absolute atomic E-state index is 13.1. The highest BCUT2D eigenvalue weighted by Crippen LogP contribution is 2.27. The second kappa shape index (κ2) is 9.24. The highest BCUT2D eigenvalue weighted by atomic mass is 32.2. The molecule has 1 saturated heterocycles. The molecule has 0 saturated carbocycles. The molecule has 2 aliphatic heterocycles. The molecule has 1 fully saturated rings. The first-order chi connectivity index (χ1) is 16.9. The lowest BCUT2D eigenvalue weighted by atomic mass is 10.1. The van der Waals surface area contributed by atoms with Crippen LogP contribution in [0.3, 0.4) is 0 Å². The van der Waals surface area contributed by atoms with E-state index >= 15 is 0 Å². The molecule has 1 amide bonds. The van der Waals surface area contributed by atoms with Crippen LogP contribution in [0.2, 0.25) is 0 Å². The number of hydrogen-bond acceptors (Lipinski definition) is 6. The van der Waals surface area contributed by atoms with Crippen molar-refractivity contribution in [3.05, 3.63) is 89.5 Å². The Hall–Kier alpha value is -4.16. The number of carbonyl (C=O) groups excluding carboxylic acids is 1. The minimum absolute atomic E-state index is 0.0376. The number of amides is 1. The maximum atomic E-state index is 13.1. The van der Waals surface area contributed by atoms with Gasteiger partial charge < -0.3 is 15.1 Å². The van der Waals surface area contributed by atoms with Crippen LogP contribution >= 0.6 is 0 Å². The molecule has 2 aliphatic rings. The van der Waals surface area contributed by atoms with Gasteiger partial charge in [0.15, 0.2) is 5.84 Å². The Labute approximate surface area is 204 Å². The van der Waals surface area contributed by atoms with Crippen molar-refractivity contribution < 1.29 is 13.2 Å². The lowest BCUT2D eigenvalue weighted by molar-refractivity contribution is 0.0767. The Kier molecular flexibility index (Phi) is 5.97. The second-order valence-corrected chi connectivity index (χ2v) is 9.98. The Morgan fingerprint density at radius 1 is 0.914 bits per heavy atom. The number of carbonyl (C=O) groups is 1. The lowest BCUT2D eigenvalue weighted by Crippen LogP contribution is -2.35. The first-order valence-corrected chi connectivity index (χ1v) is 12.7. The summed E-state index contributed by atoms with van der Waals surface area (Å²) in [7, 11) is -3.70. The number of fused-ring (bicyclic) bond motifs is 1. The van der Waals surface area contributed by atoms with E-state index in [1.165, 1.54) is 6.07 Å². The average molecular weight is 486 g/mol. The maximum Gasteiger partial charge on any atom is 0.285 e. The molecule has 8 nitrogen and oxygen atoms in total. The van der Waals surface area contributed by atoms with E-state index in [4.69, 9.17) is 5.26 Å². The molecular formula is C26H23N5O3S. The Bertz CT molecular complexity index is 1440. The monoisotopic (exact) mass is 485 g/mol. The van der Waals surface area contributed by atoms with Crippen LogP contribution in [0.5, 0.6) is 0 Å². The van der Waals surface area contributed by atoms with E-state index in [1.807, 2.05) is 29.2 Å². The zero-order valence-electron chi connectivity index (χ0n) is 18.9. The minimum atomic E-state index is -3.70. The number of sulfonamides is 1. The van der Waals surface area contributed by atoms with Gasteiger partial charge in [0.05, 0.1) is 11.6 Å². The van der Waals surface area contributed by atoms with Gasteiger partial charge in [0.2, 0.25) is 0 Å². The van der Waals surface area contributed by atoms with Crippen molar-refractivity contribution in [1.82, 2.24) is 4.90 Å². The van der Waals surface area contributed by atoms with E-state index in [9.17, 15) is 13.2 Å². The summed E-state index contributed by atoms with van der Waals surface area (Å²) in [4.78, 5) is 17.4. The molecule has 0 aromatic heterocycles. The minimum Gasteiger partial charge on any atom is -0.370 e. The van der Waals surface area contributed by atoms with Crippen LogP contribution in [0, 0.1) is 11.3 Å². The molecule has 0 radical (unpaired) electrons. The fourth-order valence-electron chi connectivity index (χ4n) is 4.34. The molecule has 5 rings (SSSR count). The molecule has 0 unspecified atom stereocenters. The number of rotatable bonds is 3. The van der Waals surface area contributed by atoms with Crippen LogP contribution in [0.15, 0.2) is 82.1 Å². The van der Waals surface area contributed by atoms with Crippen LogP contribution in [-0.2, 0) is 10.0 Å². The smallest absolute Gasteiger partial charge is 0.285 e. The molecule has 176 valence electrons. The zero-order chi connectivity index (χ0) is 24.4. The predicted octanol–water partition coefficient (Wildman–Crippen LogP) is 3.47. The third-order valence-corrected chi connectivity index (χ3v) is 7.51. The van der Waals surface area contributed by atoms with Gasteiger partial charge in [-0.1, -0.05) is 12.1 Å². The van der Waals surface area contributed by atoms with Crippen LogP contribution < -0.4 is 10.2 Å². The second-order valence-electron chi connectivity index (χ2n) is 8.40. The highest BCUT2D eigenvalue weighted by Gasteiger charge is 2.28. The number of hydrogen-bond donors (Lipinski definition) is 1. The topological polar surface area (TPSA) is 106 Å². The number of nitriles is 1. The average Bonchev–Trinajstić information content (AvgIpc) is 3.03. The SMILES string of the molecule is N#Cc1ccc(N2CCCN(C(=O)c3ccc(NC4=NS(=O)(=O)c5ccccc54)cc3)CC2)cc1. The summed E-state index contributed by atoms with van der Waals surface area (Å²) in [5, 5.41) is 12.1. The molecule has 9 heteroatoms. The van der Waals surface area contributed by atoms with Crippen molar-refractivity contribution in [3.63, 3.8) is 0 Å². The first-order valence-electron chi connectivity index (χ1n) is 11.3. The quantitative estimate of drug-likeness (QED) is 0.609. The normalized spacial score (nSPS) is 16.6. The molecule has 3 aromatic carbocycles. The molecule has 35 heavy (non-hydrogen) atoms. The Balaban J connectivity index is 1.24. The van der Waals surface area contributed by atoms with Gasteiger partial charge in [-0.25, -0.2) is 0 Å². The van der Waals surface area contributed by atoms with Crippen molar-refractivity contribution in [2.45, 2.75) is 11.3 Å². The van der Waals surface area contributed by atoms with E-state index in [2.05, 4.69) is 20.7 Å². The molecule has 2 heterocycles. The first kappa shape index (κ1) is 22.6. The largest absolute Gasteiger partial charge is 0.370 e. The van der Waals surface area contributed by atoms with Crippen LogP contribution in [0.4, 0.5) is 11.4 Å². The summed E-state index contributed by atoms with van der Waals surface area (Å²) in [6.45, 7) is 2.82. The lowest BCUT2D eigenvalue weighted by Gasteiger charge is -2.24. The summed E-state index contributed by atoms with van der Waals surface area (Å²) in [6.07, 6.45) is 0.846. The van der Waals surface area contributed by atoms with E-state index in [1.54, 1.807) is 42.5 Å². The summed E-state index contributed by atoms with van der Waals surface area (Å²) in [6, 6.07) is 23.3. The molecule has 0 aliphatic carbocycles. The number of nitrogens with one attached hydrogen (secondary N) is 1. The molecular weight excluding hydrogens is 462 g/mol. The zero-order valence-corrected chi connectivity index (χ0v) is 19.7. The van der Waals surface area contributed by atoms with Crippen LogP contribution in [-0.4, -0.2) is 51.2 Å². The number of nitrogens with zero attached hydrogens (tertiary/aromatic N) is 4. The van der Waals surface area contributed by atoms with Gasteiger partial charge in [0.25, 0.3) is 15.9 Å². The van der Waals surface area contributed by atoms with Gasteiger partial charge in [0.1, 0.15) is 4.90 Å². The van der Waals surface area contributed by atoms with E-state index in [0.29, 0.717) is 42.0 Å². The van der Waals surface area contributed by atoms with E-state index in [-0.39, 0.29) is 16.6 Å². The van der Waals surface area contributed by atoms with Crippen molar-refractivity contribution in [2.75, 3.05) is 36.4 Å². The summed E-state index contributed by atoms with van der Waals surface area (Å²) >= 11 is 0. The third-order valence-electron chi connectivity index (χ3n) is 6.17. The van der Waals surface area contributed by atoms with Gasteiger partial charge in [-0.15, -0.1) is 4.40 Å². The number of benzene rings is 3. The Morgan fingerprint density at radius 3 is 2.40 bits per heavy atom. The summed E-state index contributed by atoms with van der Waals surface area (Å²) in [5.74, 6) is 0.236. The number of anilines is 2. The van der Waals surface area contributed by atoms with Crippen molar-refractivity contribution in [3.8, 4) is 6.07 Å². The molecule has 0 atom stereocenters. The molecule has 0 bridgehead atoms. The van der Waals surface area contributed by atoms with Crippen LogP contribution in [0.1, 0.15) is 27.9 Å². The summed E-state index contributed by atoms with van der Waals surface area (Å²) < 4.78 is 28.3. The van der Waals surface area contributed by atoms with E-state index < -0.39 is 10.0 Å². The molecule has 0 spiro atoms. The number of amidine groups is 1. The summed E-state index contributed by atoms with van der Waals surface area (Å²) in [5.41, 5.74) is 3.43.